The van der Waals surface area contributed by atoms with Gasteiger partial charge in [-0.25, -0.2) is 0 Å². The molecule has 0 unspecified atom stereocenters. The average molecular weight is 391 g/mol. The van der Waals surface area contributed by atoms with Gasteiger partial charge in [-0.1, -0.05) is 11.6 Å². The van der Waals surface area contributed by atoms with Gasteiger partial charge < -0.3 is 10.6 Å². The van der Waals surface area contributed by atoms with Gasteiger partial charge in [0.1, 0.15) is 0 Å². The minimum atomic E-state index is -0.221. The van der Waals surface area contributed by atoms with E-state index in [2.05, 4.69) is 15.5 Å². The van der Waals surface area contributed by atoms with E-state index in [1.54, 1.807) is 6.07 Å². The predicted octanol–water partition coefficient (Wildman–Crippen LogP) is 2.57. The summed E-state index contributed by atoms with van der Waals surface area (Å²) in [6, 6.07) is 6.63. The molecule has 146 valence electrons. The second kappa shape index (κ2) is 9.20. The van der Waals surface area contributed by atoms with Crippen molar-refractivity contribution in [3.63, 3.8) is 0 Å². The average Bonchev–Trinajstić information content (AvgIpc) is 2.58. The molecule has 27 heavy (non-hydrogen) atoms. The van der Waals surface area contributed by atoms with Gasteiger partial charge in [0.05, 0.1) is 18.2 Å². The zero-order chi connectivity index (χ0) is 20.0. The largest absolute Gasteiger partial charge is 0.352 e. The first kappa shape index (κ1) is 21.2. The molecule has 0 bridgehead atoms. The Labute approximate surface area is 165 Å². The molecular formula is C20H27ClN4O2. The Morgan fingerprint density at radius 3 is 2.52 bits per heavy atom. The second-order valence-corrected chi connectivity index (χ2v) is 8.50. The predicted molar refractivity (Wildman–Crippen MR) is 106 cm³/mol. The first-order chi connectivity index (χ1) is 12.7. The Morgan fingerprint density at radius 1 is 1.26 bits per heavy atom. The molecule has 0 aliphatic carbocycles. The molecule has 2 N–H and O–H groups in total. The molecule has 0 saturated carbocycles. The minimum Gasteiger partial charge on any atom is -0.352 e. The summed E-state index contributed by atoms with van der Waals surface area (Å²) < 4.78 is 0. The molecule has 0 aromatic heterocycles. The van der Waals surface area contributed by atoms with Crippen LogP contribution in [-0.2, 0) is 4.79 Å². The van der Waals surface area contributed by atoms with E-state index in [1.165, 1.54) is 12.1 Å². The highest BCUT2D eigenvalue weighted by Crippen LogP contribution is 2.18. The first-order valence-corrected chi connectivity index (χ1v) is 9.56. The molecule has 0 atom stereocenters. The molecule has 1 aromatic rings. The Kier molecular flexibility index (Phi) is 7.23. The Morgan fingerprint density at radius 2 is 1.93 bits per heavy atom. The number of nitriles is 1. The zero-order valence-electron chi connectivity index (χ0n) is 16.1. The fourth-order valence-corrected chi connectivity index (χ4v) is 3.37. The van der Waals surface area contributed by atoms with Gasteiger partial charge >= 0.3 is 0 Å². The van der Waals surface area contributed by atoms with Crippen LogP contribution in [0.5, 0.6) is 0 Å². The van der Waals surface area contributed by atoms with Crippen LogP contribution in [0.1, 0.15) is 49.5 Å². The number of likely N-dealkylation sites (tertiary alicyclic amines) is 1. The lowest BCUT2D eigenvalue weighted by molar-refractivity contribution is -0.124. The van der Waals surface area contributed by atoms with E-state index in [0.717, 1.165) is 25.9 Å². The quantitative estimate of drug-likeness (QED) is 0.809. The summed E-state index contributed by atoms with van der Waals surface area (Å²) in [6.07, 6.45) is 1.87. The second-order valence-electron chi connectivity index (χ2n) is 8.07. The molecule has 6 nitrogen and oxygen atoms in total. The van der Waals surface area contributed by atoms with Gasteiger partial charge in [0, 0.05) is 22.7 Å². The van der Waals surface area contributed by atoms with Gasteiger partial charge in [-0.3, -0.25) is 14.5 Å². The van der Waals surface area contributed by atoms with Gasteiger partial charge in [0.15, 0.2) is 0 Å². The summed E-state index contributed by atoms with van der Waals surface area (Å²) in [6.45, 7) is 8.59. The molecule has 1 aromatic carbocycles. The van der Waals surface area contributed by atoms with Gasteiger partial charge in [-0.2, -0.15) is 5.26 Å². The summed E-state index contributed by atoms with van der Waals surface area (Å²) in [4.78, 5) is 26.5. The van der Waals surface area contributed by atoms with Crippen LogP contribution in [0.2, 0.25) is 5.02 Å². The Bertz CT molecular complexity index is 728. The smallest absolute Gasteiger partial charge is 0.251 e. The van der Waals surface area contributed by atoms with Gasteiger partial charge in [0.2, 0.25) is 5.91 Å². The van der Waals surface area contributed by atoms with E-state index >= 15 is 0 Å². The van der Waals surface area contributed by atoms with Crippen LogP contribution >= 0.6 is 11.6 Å². The van der Waals surface area contributed by atoms with Crippen molar-refractivity contribution >= 4 is 23.4 Å². The van der Waals surface area contributed by atoms with Crippen molar-refractivity contribution in [3.05, 3.63) is 34.3 Å². The first-order valence-electron chi connectivity index (χ1n) is 9.18. The summed E-state index contributed by atoms with van der Waals surface area (Å²) in [7, 11) is 0. The summed E-state index contributed by atoms with van der Waals surface area (Å²) >= 11 is 5.95. The number of nitrogens with one attached hydrogen (secondary N) is 2. The van der Waals surface area contributed by atoms with E-state index in [9.17, 15) is 9.59 Å². The highest BCUT2D eigenvalue weighted by Gasteiger charge is 2.23. The Hall–Kier alpha value is -2.10. The molecule has 1 heterocycles. The van der Waals surface area contributed by atoms with Crippen LogP contribution in [0.3, 0.4) is 0 Å². The van der Waals surface area contributed by atoms with E-state index in [4.69, 9.17) is 16.9 Å². The number of carbonyl (C=O) groups is 2. The van der Waals surface area contributed by atoms with Crippen molar-refractivity contribution in [1.29, 1.82) is 5.26 Å². The molecule has 0 spiro atoms. The molecular weight excluding hydrogens is 364 g/mol. The Balaban J connectivity index is 1.76. The molecule has 1 aliphatic heterocycles. The van der Waals surface area contributed by atoms with E-state index in [1.807, 2.05) is 26.8 Å². The number of amides is 2. The number of nitrogens with zero attached hydrogens (tertiary/aromatic N) is 2. The lowest BCUT2D eigenvalue weighted by Gasteiger charge is -2.32. The molecule has 2 amide bonds. The van der Waals surface area contributed by atoms with Crippen molar-refractivity contribution in [2.45, 2.75) is 39.2 Å². The fraction of sp³-hybridized carbons (Fsp3) is 0.550. The van der Waals surface area contributed by atoms with Crippen molar-refractivity contribution in [2.24, 2.45) is 5.92 Å². The number of rotatable bonds is 5. The fourth-order valence-electron chi connectivity index (χ4n) is 3.13. The summed E-state index contributed by atoms with van der Waals surface area (Å²) in [5.74, 6) is 0.204. The third-order valence-corrected chi connectivity index (χ3v) is 4.65. The maximum Gasteiger partial charge on any atom is 0.251 e. The number of hydrogen-bond acceptors (Lipinski definition) is 4. The van der Waals surface area contributed by atoms with Crippen LogP contribution in [-0.4, -0.2) is 48.4 Å². The third kappa shape index (κ3) is 7.20. The topological polar surface area (TPSA) is 85.2 Å². The monoisotopic (exact) mass is 390 g/mol. The van der Waals surface area contributed by atoms with Gasteiger partial charge in [-0.05, 0) is 70.8 Å². The van der Waals surface area contributed by atoms with Crippen molar-refractivity contribution in [1.82, 2.24) is 15.5 Å². The maximum absolute atomic E-state index is 12.3. The molecule has 1 fully saturated rings. The van der Waals surface area contributed by atoms with Crippen LogP contribution < -0.4 is 10.6 Å². The standard InChI is InChI=1S/C20H27ClN4O2/c1-20(2,3)24-18(26)13-25-6-4-14(5-7-25)12-23-19(27)16-8-15(11-22)9-17(21)10-16/h8-10,14H,4-7,12-13H2,1-3H3,(H,23,27)(H,24,26). The van der Waals surface area contributed by atoms with Crippen LogP contribution in [0.4, 0.5) is 0 Å². The zero-order valence-corrected chi connectivity index (χ0v) is 16.9. The molecule has 7 heteroatoms. The number of piperidine rings is 1. The van der Waals surface area contributed by atoms with Gasteiger partial charge in [0.25, 0.3) is 5.91 Å². The lowest BCUT2D eigenvalue weighted by atomic mass is 9.96. The van der Waals surface area contributed by atoms with Crippen molar-refractivity contribution in [3.8, 4) is 6.07 Å². The highest BCUT2D eigenvalue weighted by atomic mass is 35.5. The van der Waals surface area contributed by atoms with Crippen LogP contribution in [0.25, 0.3) is 0 Å². The van der Waals surface area contributed by atoms with Crippen LogP contribution in [0.15, 0.2) is 18.2 Å². The molecule has 1 saturated heterocycles. The maximum atomic E-state index is 12.3. The number of benzene rings is 1. The normalized spacial score (nSPS) is 15.8. The minimum absolute atomic E-state index is 0.0449. The summed E-state index contributed by atoms with van der Waals surface area (Å²) in [5, 5.41) is 15.3. The summed E-state index contributed by atoms with van der Waals surface area (Å²) in [5.41, 5.74) is 0.552. The van der Waals surface area contributed by atoms with Crippen LogP contribution in [0, 0.1) is 17.2 Å². The molecule has 1 aliphatic rings. The molecule has 2 rings (SSSR count). The van der Waals surface area contributed by atoms with Gasteiger partial charge in [-0.15, -0.1) is 0 Å². The third-order valence-electron chi connectivity index (χ3n) is 4.43. The lowest BCUT2D eigenvalue weighted by Crippen LogP contribution is -2.48. The van der Waals surface area contributed by atoms with E-state index < -0.39 is 0 Å². The number of halogens is 1. The highest BCUT2D eigenvalue weighted by molar-refractivity contribution is 6.31. The van der Waals surface area contributed by atoms with E-state index in [-0.39, 0.29) is 17.4 Å². The molecule has 0 radical (unpaired) electrons. The van der Waals surface area contributed by atoms with Crippen molar-refractivity contribution in [2.75, 3.05) is 26.2 Å². The van der Waals surface area contributed by atoms with E-state index in [0.29, 0.717) is 35.2 Å². The number of carbonyl (C=O) groups excluding carboxylic acids is 2. The number of hydrogen-bond donors (Lipinski definition) is 2. The SMILES string of the molecule is CC(C)(C)NC(=O)CN1CCC(CNC(=O)c2cc(Cl)cc(C#N)c2)CC1. The van der Waals surface area contributed by atoms with Crippen molar-refractivity contribution < 1.29 is 9.59 Å².